The fraction of sp³-hybridized carbons (Fsp3) is 0.467. The van der Waals surface area contributed by atoms with Gasteiger partial charge in [0, 0.05) is 18.2 Å². The predicted molar refractivity (Wildman–Crippen MR) is 132 cm³/mol. The van der Waals surface area contributed by atoms with E-state index in [1.165, 1.54) is 60.4 Å². The van der Waals surface area contributed by atoms with E-state index in [-0.39, 0.29) is 0 Å². The van der Waals surface area contributed by atoms with Gasteiger partial charge in [0.1, 0.15) is 12.4 Å². The Morgan fingerprint density at radius 2 is 1.50 bits per heavy atom. The van der Waals surface area contributed by atoms with E-state index >= 15 is 0 Å². The van der Waals surface area contributed by atoms with Gasteiger partial charge in [0.25, 0.3) is 0 Å². The lowest BCUT2D eigenvalue weighted by Crippen LogP contribution is -2.54. The average Bonchev–Trinajstić information content (AvgIpc) is 2.81. The molecule has 3 aromatic rings. The van der Waals surface area contributed by atoms with Crippen LogP contribution >= 0.6 is 0 Å². The maximum atomic E-state index is 6.37. The van der Waals surface area contributed by atoms with Crippen molar-refractivity contribution in [2.45, 2.75) is 64.6 Å². The predicted octanol–water partition coefficient (Wildman–Crippen LogP) is 7.11. The van der Waals surface area contributed by atoms with Gasteiger partial charge in [-0.2, -0.15) is 0 Å². The Labute approximate surface area is 192 Å². The van der Waals surface area contributed by atoms with Gasteiger partial charge >= 0.3 is 0 Å². The zero-order valence-electron chi connectivity index (χ0n) is 19.2. The zero-order chi connectivity index (χ0) is 21.5. The van der Waals surface area contributed by atoms with Crippen LogP contribution in [0.2, 0.25) is 0 Å². The summed E-state index contributed by atoms with van der Waals surface area (Å²) in [6.07, 6.45) is 8.85. The first-order chi connectivity index (χ1) is 15.7. The highest BCUT2D eigenvalue weighted by Crippen LogP contribution is 2.61. The molecule has 2 nitrogen and oxygen atoms in total. The highest BCUT2D eigenvalue weighted by molar-refractivity contribution is 5.87. The summed E-state index contributed by atoms with van der Waals surface area (Å²) in [4.78, 5) is 0. The van der Waals surface area contributed by atoms with Crippen molar-refractivity contribution in [2.75, 3.05) is 0 Å². The molecule has 1 unspecified atom stereocenters. The first kappa shape index (κ1) is 20.3. The molecule has 7 rings (SSSR count). The Hall–Kier alpha value is -2.32. The number of hydrogen-bond donors (Lipinski definition) is 1. The van der Waals surface area contributed by atoms with Crippen molar-refractivity contribution in [1.29, 1.82) is 0 Å². The van der Waals surface area contributed by atoms with Crippen molar-refractivity contribution in [3.63, 3.8) is 0 Å². The van der Waals surface area contributed by atoms with Crippen LogP contribution in [0.1, 0.15) is 56.6 Å². The highest BCUT2D eigenvalue weighted by atomic mass is 16.5. The summed E-state index contributed by atoms with van der Waals surface area (Å²) in [5, 5.41) is 6.61. The number of ether oxygens (including phenoxy) is 1. The van der Waals surface area contributed by atoms with Crippen LogP contribution < -0.4 is 10.1 Å². The second kappa shape index (κ2) is 8.23. The maximum absolute atomic E-state index is 6.37. The van der Waals surface area contributed by atoms with Gasteiger partial charge in [0.05, 0.1) is 0 Å². The number of benzene rings is 3. The summed E-state index contributed by atoms with van der Waals surface area (Å²) in [6.45, 7) is 3.94. The maximum Gasteiger partial charge on any atom is 0.124 e. The van der Waals surface area contributed by atoms with Crippen LogP contribution in [0.25, 0.3) is 10.8 Å². The van der Waals surface area contributed by atoms with Crippen molar-refractivity contribution >= 4 is 10.8 Å². The normalized spacial score (nSPS) is 29.3. The van der Waals surface area contributed by atoms with Crippen LogP contribution in [0.3, 0.4) is 0 Å². The SMILES string of the molecule is CC(NCc1c(OCc2ccccc2)ccc2ccccc12)C12CC3CC(CC(C3)C1)C2. The first-order valence-electron chi connectivity index (χ1n) is 12.6. The van der Waals surface area contributed by atoms with E-state index in [1.807, 2.05) is 0 Å². The van der Waals surface area contributed by atoms with Crippen molar-refractivity contribution < 1.29 is 4.74 Å². The second-order valence-corrected chi connectivity index (χ2v) is 10.9. The minimum Gasteiger partial charge on any atom is -0.489 e. The van der Waals surface area contributed by atoms with Gasteiger partial charge in [0.15, 0.2) is 0 Å². The molecular weight excluding hydrogens is 390 g/mol. The topological polar surface area (TPSA) is 21.3 Å². The van der Waals surface area contributed by atoms with Crippen LogP contribution in [0.5, 0.6) is 5.75 Å². The fourth-order valence-corrected chi connectivity index (χ4v) is 7.55. The average molecular weight is 426 g/mol. The molecule has 0 amide bonds. The van der Waals surface area contributed by atoms with Crippen molar-refractivity contribution in [3.05, 3.63) is 77.9 Å². The molecule has 166 valence electrons. The molecule has 4 saturated carbocycles. The summed E-state index contributed by atoms with van der Waals surface area (Å²) in [5.74, 6) is 3.99. The molecular formula is C30H35NO. The Balaban J connectivity index is 1.24. The molecule has 1 N–H and O–H groups in total. The Morgan fingerprint density at radius 3 is 2.22 bits per heavy atom. The van der Waals surface area contributed by atoms with E-state index in [0.29, 0.717) is 18.1 Å². The summed E-state index contributed by atoms with van der Waals surface area (Å²) in [5.41, 5.74) is 3.03. The van der Waals surface area contributed by atoms with E-state index in [9.17, 15) is 0 Å². The van der Waals surface area contributed by atoms with Gasteiger partial charge in [-0.25, -0.2) is 0 Å². The van der Waals surface area contributed by atoms with E-state index in [0.717, 1.165) is 30.0 Å². The Kier molecular flexibility index (Phi) is 5.22. The smallest absolute Gasteiger partial charge is 0.124 e. The molecule has 0 spiro atoms. The zero-order valence-corrected chi connectivity index (χ0v) is 19.2. The summed E-state index contributed by atoms with van der Waals surface area (Å²) >= 11 is 0. The Morgan fingerprint density at radius 1 is 0.844 bits per heavy atom. The highest BCUT2D eigenvalue weighted by Gasteiger charge is 2.52. The third-order valence-electron chi connectivity index (χ3n) is 8.82. The van der Waals surface area contributed by atoms with Crippen LogP contribution in [-0.2, 0) is 13.2 Å². The molecule has 0 aliphatic heterocycles. The molecule has 3 aromatic carbocycles. The molecule has 0 aromatic heterocycles. The van der Waals surface area contributed by atoms with Gasteiger partial charge in [-0.15, -0.1) is 0 Å². The number of hydrogen-bond acceptors (Lipinski definition) is 2. The number of fused-ring (bicyclic) bond motifs is 1. The number of nitrogens with one attached hydrogen (secondary N) is 1. The summed E-state index contributed by atoms with van der Waals surface area (Å²) in [6, 6.07) is 24.1. The van der Waals surface area contributed by atoms with Gasteiger partial charge in [0.2, 0.25) is 0 Å². The number of rotatable bonds is 7. The van der Waals surface area contributed by atoms with Crippen LogP contribution in [0.15, 0.2) is 66.7 Å². The molecule has 32 heavy (non-hydrogen) atoms. The van der Waals surface area contributed by atoms with E-state index in [1.54, 1.807) is 0 Å². The molecule has 1 atom stereocenters. The van der Waals surface area contributed by atoms with Crippen molar-refractivity contribution in [2.24, 2.45) is 23.2 Å². The standard InChI is InChI=1S/C30H35NO/c1-21(30-16-23-13-24(17-30)15-25(14-23)18-30)31-19-28-27-10-6-5-9-26(27)11-12-29(28)32-20-22-7-3-2-4-8-22/h2-12,21,23-25,31H,13-20H2,1H3. The van der Waals surface area contributed by atoms with Crippen LogP contribution in [0, 0.1) is 23.2 Å². The van der Waals surface area contributed by atoms with Gasteiger partial charge in [-0.3, -0.25) is 0 Å². The summed E-state index contributed by atoms with van der Waals surface area (Å²) < 4.78 is 6.37. The molecule has 4 aliphatic carbocycles. The molecule has 0 radical (unpaired) electrons. The molecule has 0 saturated heterocycles. The van der Waals surface area contributed by atoms with E-state index in [2.05, 4.69) is 79.0 Å². The third kappa shape index (κ3) is 3.73. The quantitative estimate of drug-likeness (QED) is 0.435. The lowest BCUT2D eigenvalue weighted by Gasteiger charge is -2.59. The molecule has 4 fully saturated rings. The summed E-state index contributed by atoms with van der Waals surface area (Å²) in [7, 11) is 0. The fourth-order valence-electron chi connectivity index (χ4n) is 7.55. The van der Waals surface area contributed by atoms with Crippen LogP contribution in [0.4, 0.5) is 0 Å². The largest absolute Gasteiger partial charge is 0.489 e. The monoisotopic (exact) mass is 425 g/mol. The third-order valence-corrected chi connectivity index (χ3v) is 8.82. The van der Waals surface area contributed by atoms with Crippen molar-refractivity contribution in [1.82, 2.24) is 5.32 Å². The molecule has 0 heterocycles. The van der Waals surface area contributed by atoms with Crippen molar-refractivity contribution in [3.8, 4) is 5.75 Å². The second-order valence-electron chi connectivity index (χ2n) is 10.9. The van der Waals surface area contributed by atoms with Crippen LogP contribution in [-0.4, -0.2) is 6.04 Å². The minimum absolute atomic E-state index is 0.518. The van der Waals surface area contributed by atoms with Gasteiger partial charge in [-0.05, 0) is 91.0 Å². The first-order valence-corrected chi connectivity index (χ1v) is 12.6. The Bertz CT molecular complexity index is 1050. The lowest BCUT2D eigenvalue weighted by molar-refractivity contribution is -0.0706. The molecule has 2 heteroatoms. The van der Waals surface area contributed by atoms with E-state index in [4.69, 9.17) is 4.74 Å². The van der Waals surface area contributed by atoms with Gasteiger partial charge < -0.3 is 10.1 Å². The van der Waals surface area contributed by atoms with E-state index < -0.39 is 0 Å². The molecule has 4 bridgehead atoms. The minimum atomic E-state index is 0.518. The molecule has 4 aliphatic rings. The van der Waals surface area contributed by atoms with Gasteiger partial charge in [-0.1, -0.05) is 60.7 Å². The lowest BCUT2D eigenvalue weighted by atomic mass is 9.48.